The van der Waals surface area contributed by atoms with E-state index in [1.807, 2.05) is 12.1 Å². The van der Waals surface area contributed by atoms with Gasteiger partial charge in [0, 0.05) is 7.11 Å². The maximum atomic E-state index is 11.8. The van der Waals surface area contributed by atoms with E-state index in [4.69, 9.17) is 4.74 Å². The van der Waals surface area contributed by atoms with Crippen molar-refractivity contribution in [3.63, 3.8) is 0 Å². The van der Waals surface area contributed by atoms with E-state index in [-0.39, 0.29) is 6.10 Å². The van der Waals surface area contributed by atoms with Crippen LogP contribution in [0.3, 0.4) is 0 Å². The van der Waals surface area contributed by atoms with Crippen molar-refractivity contribution in [2.45, 2.75) is 63.4 Å². The van der Waals surface area contributed by atoms with Crippen LogP contribution in [0.2, 0.25) is 0 Å². The van der Waals surface area contributed by atoms with Gasteiger partial charge in [-0.15, -0.1) is 0 Å². The Morgan fingerprint density at radius 2 is 1.86 bits per heavy atom. The number of aryl methyl sites for hydroxylation is 1. The summed E-state index contributed by atoms with van der Waals surface area (Å²) >= 11 is 0. The zero-order valence-corrected chi connectivity index (χ0v) is 13.1. The molecule has 3 heteroatoms. The molecule has 0 spiro atoms. The number of carbonyl (C=O) groups is 1. The first kappa shape index (κ1) is 16.0. The van der Waals surface area contributed by atoms with Crippen LogP contribution < -0.4 is 0 Å². The molecule has 3 nitrogen and oxygen atoms in total. The Hall–Kier alpha value is -1.35. The van der Waals surface area contributed by atoms with E-state index in [9.17, 15) is 9.90 Å². The van der Waals surface area contributed by atoms with Gasteiger partial charge in [-0.05, 0) is 43.7 Å². The van der Waals surface area contributed by atoms with Gasteiger partial charge in [-0.25, -0.2) is 0 Å². The minimum Gasteiger partial charge on any atom is -0.481 e. The number of carboxylic acid groups (broad SMARTS) is 1. The summed E-state index contributed by atoms with van der Waals surface area (Å²) in [6.07, 6.45) is 6.93. The number of aliphatic carboxylic acids is 1. The van der Waals surface area contributed by atoms with Gasteiger partial charge in [0.15, 0.2) is 0 Å². The van der Waals surface area contributed by atoms with E-state index in [2.05, 4.69) is 19.1 Å². The summed E-state index contributed by atoms with van der Waals surface area (Å²) in [6, 6.07) is 8.20. The molecule has 0 amide bonds. The third kappa shape index (κ3) is 3.65. The molecule has 1 fully saturated rings. The largest absolute Gasteiger partial charge is 0.481 e. The molecule has 1 aliphatic rings. The molecule has 1 atom stereocenters. The summed E-state index contributed by atoms with van der Waals surface area (Å²) < 4.78 is 5.26. The summed E-state index contributed by atoms with van der Waals surface area (Å²) in [7, 11) is 1.73. The molecule has 1 N–H and O–H groups in total. The molecular formula is C18H26O3. The van der Waals surface area contributed by atoms with Gasteiger partial charge in [-0.1, -0.05) is 43.5 Å². The summed E-state index contributed by atoms with van der Waals surface area (Å²) in [5.74, 6) is -0.664. The standard InChI is InChI=1S/C18H26O3/c1-14(21-2)6-7-15-8-10-16(11-9-15)18(17(19)20)12-4-3-5-13-18/h8-11,14H,3-7,12-13H2,1-2H3,(H,19,20). The van der Waals surface area contributed by atoms with Crippen molar-refractivity contribution in [3.05, 3.63) is 35.4 Å². The molecule has 0 bridgehead atoms. The lowest BCUT2D eigenvalue weighted by Gasteiger charge is -2.33. The predicted molar refractivity (Wildman–Crippen MR) is 83.6 cm³/mol. The maximum absolute atomic E-state index is 11.8. The van der Waals surface area contributed by atoms with Crippen LogP contribution in [0.4, 0.5) is 0 Å². The number of hydrogen-bond donors (Lipinski definition) is 1. The fraction of sp³-hybridized carbons (Fsp3) is 0.611. The van der Waals surface area contributed by atoms with Crippen molar-refractivity contribution in [1.82, 2.24) is 0 Å². The normalized spacial score (nSPS) is 19.1. The number of benzene rings is 1. The van der Waals surface area contributed by atoms with Crippen LogP contribution in [0, 0.1) is 0 Å². The van der Waals surface area contributed by atoms with Crippen LogP contribution in [0.15, 0.2) is 24.3 Å². The highest BCUT2D eigenvalue weighted by atomic mass is 16.5. The Labute approximate surface area is 127 Å². The molecular weight excluding hydrogens is 264 g/mol. The summed E-state index contributed by atoms with van der Waals surface area (Å²) in [5.41, 5.74) is 1.56. The highest BCUT2D eigenvalue weighted by molar-refractivity contribution is 5.81. The average Bonchev–Trinajstić information content (AvgIpc) is 2.53. The Bertz CT molecular complexity index is 458. The van der Waals surface area contributed by atoms with Crippen LogP contribution in [-0.2, 0) is 21.4 Å². The maximum Gasteiger partial charge on any atom is 0.314 e. The van der Waals surface area contributed by atoms with Gasteiger partial charge in [-0.2, -0.15) is 0 Å². The van der Waals surface area contributed by atoms with E-state index in [0.717, 1.165) is 50.5 Å². The minimum absolute atomic E-state index is 0.258. The molecule has 1 aliphatic carbocycles. The molecule has 1 aromatic rings. The Kier molecular flexibility index (Phi) is 5.40. The van der Waals surface area contributed by atoms with Crippen LogP contribution in [0.25, 0.3) is 0 Å². The van der Waals surface area contributed by atoms with Crippen LogP contribution in [0.5, 0.6) is 0 Å². The molecule has 0 aromatic heterocycles. The summed E-state index contributed by atoms with van der Waals surface area (Å²) in [6.45, 7) is 2.07. The number of rotatable bonds is 6. The summed E-state index contributed by atoms with van der Waals surface area (Å²) in [4.78, 5) is 11.8. The zero-order chi connectivity index (χ0) is 15.3. The number of ether oxygens (including phenoxy) is 1. The second kappa shape index (κ2) is 7.08. The first-order valence-corrected chi connectivity index (χ1v) is 7.94. The zero-order valence-electron chi connectivity index (χ0n) is 13.1. The third-order valence-corrected chi connectivity index (χ3v) is 4.86. The fourth-order valence-corrected chi connectivity index (χ4v) is 3.26. The second-order valence-corrected chi connectivity index (χ2v) is 6.23. The first-order chi connectivity index (χ1) is 10.1. The van der Waals surface area contributed by atoms with Crippen LogP contribution in [-0.4, -0.2) is 24.3 Å². The lowest BCUT2D eigenvalue weighted by molar-refractivity contribution is -0.145. The quantitative estimate of drug-likeness (QED) is 0.863. The topological polar surface area (TPSA) is 46.5 Å². The summed E-state index contributed by atoms with van der Waals surface area (Å²) in [5, 5.41) is 9.70. The third-order valence-electron chi connectivity index (χ3n) is 4.86. The molecule has 0 saturated heterocycles. The highest BCUT2D eigenvalue weighted by Crippen LogP contribution is 2.39. The monoisotopic (exact) mass is 290 g/mol. The van der Waals surface area contributed by atoms with Crippen molar-refractivity contribution in [3.8, 4) is 0 Å². The lowest BCUT2D eigenvalue weighted by atomic mass is 9.69. The van der Waals surface area contributed by atoms with Gasteiger partial charge in [-0.3, -0.25) is 4.79 Å². The van der Waals surface area contributed by atoms with E-state index in [1.54, 1.807) is 7.11 Å². The van der Waals surface area contributed by atoms with E-state index in [0.29, 0.717) is 0 Å². The first-order valence-electron chi connectivity index (χ1n) is 7.94. The van der Waals surface area contributed by atoms with Gasteiger partial charge in [0.05, 0.1) is 11.5 Å². The smallest absolute Gasteiger partial charge is 0.314 e. The van der Waals surface area contributed by atoms with Gasteiger partial charge < -0.3 is 9.84 Å². The molecule has 116 valence electrons. The highest BCUT2D eigenvalue weighted by Gasteiger charge is 2.41. The SMILES string of the molecule is COC(C)CCc1ccc(C2(C(=O)O)CCCCC2)cc1. The van der Waals surface area contributed by atoms with Gasteiger partial charge in [0.1, 0.15) is 0 Å². The lowest BCUT2D eigenvalue weighted by Crippen LogP contribution is -2.37. The van der Waals surface area contributed by atoms with Gasteiger partial charge in [0.2, 0.25) is 0 Å². The van der Waals surface area contributed by atoms with Crippen molar-refractivity contribution >= 4 is 5.97 Å². The molecule has 2 rings (SSSR count). The van der Waals surface area contributed by atoms with Crippen molar-refractivity contribution in [2.75, 3.05) is 7.11 Å². The predicted octanol–water partition coefficient (Wildman–Crippen LogP) is 3.94. The van der Waals surface area contributed by atoms with E-state index in [1.165, 1.54) is 5.56 Å². The Morgan fingerprint density at radius 1 is 1.24 bits per heavy atom. The van der Waals surface area contributed by atoms with Crippen molar-refractivity contribution < 1.29 is 14.6 Å². The molecule has 21 heavy (non-hydrogen) atoms. The van der Waals surface area contributed by atoms with Crippen LogP contribution in [0.1, 0.15) is 56.6 Å². The minimum atomic E-state index is -0.664. The van der Waals surface area contributed by atoms with E-state index < -0.39 is 11.4 Å². The number of methoxy groups -OCH3 is 1. The molecule has 0 heterocycles. The molecule has 1 aromatic carbocycles. The molecule has 0 aliphatic heterocycles. The van der Waals surface area contributed by atoms with Gasteiger partial charge >= 0.3 is 5.97 Å². The van der Waals surface area contributed by atoms with Crippen molar-refractivity contribution in [1.29, 1.82) is 0 Å². The molecule has 1 saturated carbocycles. The Balaban J connectivity index is 2.11. The fourth-order valence-electron chi connectivity index (χ4n) is 3.26. The average molecular weight is 290 g/mol. The van der Waals surface area contributed by atoms with Crippen LogP contribution >= 0.6 is 0 Å². The van der Waals surface area contributed by atoms with E-state index >= 15 is 0 Å². The van der Waals surface area contributed by atoms with Gasteiger partial charge in [0.25, 0.3) is 0 Å². The Morgan fingerprint density at radius 3 is 2.38 bits per heavy atom. The number of carboxylic acids is 1. The van der Waals surface area contributed by atoms with Crippen molar-refractivity contribution in [2.24, 2.45) is 0 Å². The molecule has 1 unspecified atom stereocenters. The number of hydrogen-bond acceptors (Lipinski definition) is 2. The second-order valence-electron chi connectivity index (χ2n) is 6.23. The molecule has 0 radical (unpaired) electrons.